The van der Waals surface area contributed by atoms with Crippen molar-refractivity contribution in [3.8, 4) is 0 Å². The summed E-state index contributed by atoms with van der Waals surface area (Å²) in [5.41, 5.74) is 2.00. The Bertz CT molecular complexity index is 830. The number of benzene rings is 1. The number of fused-ring (bicyclic) bond motifs is 1. The van der Waals surface area contributed by atoms with E-state index in [0.717, 1.165) is 30.0 Å². The van der Waals surface area contributed by atoms with Crippen LogP contribution in [0.25, 0.3) is 0 Å². The lowest BCUT2D eigenvalue weighted by molar-refractivity contribution is -0.936. The van der Waals surface area contributed by atoms with E-state index in [1.54, 1.807) is 24.3 Å². The molecule has 0 fully saturated rings. The van der Waals surface area contributed by atoms with Crippen molar-refractivity contribution in [2.45, 2.75) is 32.9 Å². The lowest BCUT2D eigenvalue weighted by atomic mass is 10.0. The van der Waals surface area contributed by atoms with E-state index >= 15 is 0 Å². The molecule has 0 saturated carbocycles. The number of carbonyl (C=O) groups is 2. The number of ether oxygens (including phenoxy) is 1. The van der Waals surface area contributed by atoms with Gasteiger partial charge >= 0.3 is 5.97 Å². The lowest BCUT2D eigenvalue weighted by Gasteiger charge is -2.27. The van der Waals surface area contributed by atoms with Gasteiger partial charge in [0.25, 0.3) is 5.91 Å². The number of nitrogens with one attached hydrogen (secondary N) is 2. The second-order valence-electron chi connectivity index (χ2n) is 6.65. The van der Waals surface area contributed by atoms with Gasteiger partial charge in [0.2, 0.25) is 0 Å². The number of methoxy groups -OCH3 is 1. The second-order valence-corrected chi connectivity index (χ2v) is 8.19. The molecule has 138 valence electrons. The highest BCUT2D eigenvalue weighted by Crippen LogP contribution is 2.35. The quantitative estimate of drug-likeness (QED) is 0.785. The van der Waals surface area contributed by atoms with Crippen molar-refractivity contribution in [1.29, 1.82) is 0 Å². The number of hydrogen-bond acceptors (Lipinski definition) is 4. The van der Waals surface area contributed by atoms with Crippen LogP contribution in [0.1, 0.15) is 45.0 Å². The molecule has 1 atom stereocenters. The van der Waals surface area contributed by atoms with Crippen molar-refractivity contribution in [2.24, 2.45) is 0 Å². The maximum absolute atomic E-state index is 12.6. The molecule has 0 saturated heterocycles. The number of quaternary nitrogens is 1. The van der Waals surface area contributed by atoms with Crippen LogP contribution >= 0.6 is 22.9 Å². The minimum atomic E-state index is -0.401. The van der Waals surface area contributed by atoms with E-state index in [2.05, 4.69) is 19.2 Å². The van der Waals surface area contributed by atoms with E-state index in [1.165, 1.54) is 23.3 Å². The number of thiophene rings is 1. The van der Waals surface area contributed by atoms with Gasteiger partial charge in [-0.25, -0.2) is 4.79 Å². The van der Waals surface area contributed by atoms with Gasteiger partial charge in [-0.2, -0.15) is 0 Å². The van der Waals surface area contributed by atoms with Crippen molar-refractivity contribution >= 4 is 39.8 Å². The third-order valence-electron chi connectivity index (χ3n) is 4.71. The topological polar surface area (TPSA) is 59.8 Å². The van der Waals surface area contributed by atoms with Crippen LogP contribution in [0.2, 0.25) is 5.02 Å². The fourth-order valence-electron chi connectivity index (χ4n) is 3.17. The van der Waals surface area contributed by atoms with Crippen LogP contribution in [0.3, 0.4) is 0 Å². The number of anilines is 1. The predicted octanol–water partition coefficient (Wildman–Crippen LogP) is 2.79. The third-order valence-corrected chi connectivity index (χ3v) is 6.11. The summed E-state index contributed by atoms with van der Waals surface area (Å²) in [5.74, 6) is -0.666. The monoisotopic (exact) mass is 393 g/mol. The Hall–Kier alpha value is -1.89. The molecule has 1 aromatic carbocycles. The van der Waals surface area contributed by atoms with Crippen LogP contribution in [-0.4, -0.2) is 31.6 Å². The minimum Gasteiger partial charge on any atom is -0.465 e. The van der Waals surface area contributed by atoms with E-state index in [0.29, 0.717) is 27.2 Å². The lowest BCUT2D eigenvalue weighted by Crippen LogP contribution is -3.14. The zero-order valence-electron chi connectivity index (χ0n) is 15.0. The Balaban J connectivity index is 1.92. The summed E-state index contributed by atoms with van der Waals surface area (Å²) < 4.78 is 4.97. The standard InChI is InChI=1S/C19H21ClN2O3S/c1-11(2)22-9-8-14-15(10-22)26-18(16(14)19(24)25-3)21-17(23)12-4-6-13(20)7-5-12/h4-7,11H,8-10H2,1-3H3,(H,21,23)/p+1. The van der Waals surface area contributed by atoms with Crippen LogP contribution in [0.15, 0.2) is 24.3 Å². The number of carbonyl (C=O) groups excluding carboxylic acids is 2. The summed E-state index contributed by atoms with van der Waals surface area (Å²) in [6, 6.07) is 7.17. The molecule has 2 heterocycles. The molecule has 5 nitrogen and oxygen atoms in total. The molecule has 1 unspecified atom stereocenters. The van der Waals surface area contributed by atoms with Gasteiger partial charge in [-0.15, -0.1) is 11.3 Å². The Morgan fingerprint density at radius 1 is 1.27 bits per heavy atom. The zero-order chi connectivity index (χ0) is 18.8. The summed E-state index contributed by atoms with van der Waals surface area (Å²) >= 11 is 7.35. The zero-order valence-corrected chi connectivity index (χ0v) is 16.6. The summed E-state index contributed by atoms with van der Waals surface area (Å²) in [6.45, 7) is 6.21. The highest BCUT2D eigenvalue weighted by molar-refractivity contribution is 7.17. The molecule has 0 spiro atoms. The molecular formula is C19H22ClN2O3S+. The largest absolute Gasteiger partial charge is 0.465 e. The third kappa shape index (κ3) is 3.77. The highest BCUT2D eigenvalue weighted by Gasteiger charge is 2.32. The number of hydrogen-bond donors (Lipinski definition) is 2. The van der Waals surface area contributed by atoms with E-state index in [1.807, 2.05) is 0 Å². The van der Waals surface area contributed by atoms with Crippen molar-refractivity contribution in [2.75, 3.05) is 19.0 Å². The maximum atomic E-state index is 12.6. The molecule has 2 aromatic rings. The molecule has 26 heavy (non-hydrogen) atoms. The molecule has 1 aromatic heterocycles. The molecule has 3 rings (SSSR count). The Morgan fingerprint density at radius 2 is 1.96 bits per heavy atom. The number of esters is 1. The fraction of sp³-hybridized carbons (Fsp3) is 0.368. The first-order chi connectivity index (χ1) is 12.4. The SMILES string of the molecule is COC(=O)c1c(NC(=O)c2ccc(Cl)cc2)sc2c1CC[NH+](C(C)C)C2. The predicted molar refractivity (Wildman–Crippen MR) is 103 cm³/mol. The van der Waals surface area contributed by atoms with Crippen molar-refractivity contribution in [3.05, 3.63) is 50.9 Å². The number of amides is 1. The van der Waals surface area contributed by atoms with Crippen molar-refractivity contribution < 1.29 is 19.2 Å². The van der Waals surface area contributed by atoms with E-state index in [-0.39, 0.29) is 5.91 Å². The average Bonchev–Trinajstić information content (AvgIpc) is 2.98. The van der Waals surface area contributed by atoms with Crippen LogP contribution < -0.4 is 10.2 Å². The number of halogens is 1. The van der Waals surface area contributed by atoms with Gasteiger partial charge in [-0.05, 0) is 43.7 Å². The van der Waals surface area contributed by atoms with Crippen molar-refractivity contribution in [3.63, 3.8) is 0 Å². The summed E-state index contributed by atoms with van der Waals surface area (Å²) in [6.07, 6.45) is 0.806. The molecule has 1 amide bonds. The molecule has 7 heteroatoms. The first-order valence-corrected chi connectivity index (χ1v) is 9.74. The molecule has 1 aliphatic rings. The van der Waals surface area contributed by atoms with Crippen LogP contribution in [0.5, 0.6) is 0 Å². The molecule has 0 radical (unpaired) electrons. The van der Waals surface area contributed by atoms with Crippen molar-refractivity contribution in [1.82, 2.24) is 0 Å². The minimum absolute atomic E-state index is 0.265. The first kappa shape index (κ1) is 18.9. The van der Waals surface area contributed by atoms with Crippen LogP contribution in [0.4, 0.5) is 5.00 Å². The van der Waals surface area contributed by atoms with Gasteiger partial charge in [-0.1, -0.05) is 11.6 Å². The van der Waals surface area contributed by atoms with Crippen LogP contribution in [0, 0.1) is 0 Å². The highest BCUT2D eigenvalue weighted by atomic mass is 35.5. The molecular weight excluding hydrogens is 372 g/mol. The number of rotatable bonds is 4. The normalized spacial score (nSPS) is 16.3. The average molecular weight is 394 g/mol. The second kappa shape index (κ2) is 7.78. The van der Waals surface area contributed by atoms with E-state index < -0.39 is 5.97 Å². The molecule has 0 aliphatic carbocycles. The fourth-order valence-corrected chi connectivity index (χ4v) is 4.58. The first-order valence-electron chi connectivity index (χ1n) is 8.55. The molecule has 0 bridgehead atoms. The molecule has 1 aliphatic heterocycles. The van der Waals surface area contributed by atoms with Gasteiger partial charge in [0, 0.05) is 17.0 Å². The van der Waals surface area contributed by atoms with E-state index in [4.69, 9.17) is 16.3 Å². The van der Waals surface area contributed by atoms with Gasteiger partial charge in [-0.3, -0.25) is 4.79 Å². The Morgan fingerprint density at radius 3 is 2.58 bits per heavy atom. The smallest absolute Gasteiger partial charge is 0.341 e. The van der Waals surface area contributed by atoms with Gasteiger partial charge < -0.3 is 15.0 Å². The van der Waals surface area contributed by atoms with Gasteiger partial charge in [0.15, 0.2) is 0 Å². The van der Waals surface area contributed by atoms with Gasteiger partial charge in [0.1, 0.15) is 11.5 Å². The summed E-state index contributed by atoms with van der Waals surface area (Å²) in [4.78, 5) is 27.5. The van der Waals surface area contributed by atoms with Gasteiger partial charge in [0.05, 0.1) is 30.1 Å². The Labute approximate surface area is 161 Å². The maximum Gasteiger partial charge on any atom is 0.341 e. The van der Waals surface area contributed by atoms with E-state index in [9.17, 15) is 9.59 Å². The molecule has 2 N–H and O–H groups in total. The Kier molecular flexibility index (Phi) is 5.65. The summed E-state index contributed by atoms with van der Waals surface area (Å²) in [5, 5.41) is 4.02. The summed E-state index contributed by atoms with van der Waals surface area (Å²) in [7, 11) is 1.37. The van der Waals surface area contributed by atoms with Crippen LogP contribution in [-0.2, 0) is 17.7 Å².